The Hall–Kier alpha value is -3.06. The highest BCUT2D eigenvalue weighted by Gasteiger charge is 2.12. The van der Waals surface area contributed by atoms with Gasteiger partial charge in [0, 0.05) is 24.4 Å². The molecule has 0 fully saturated rings. The first-order valence-corrected chi connectivity index (χ1v) is 8.03. The second kappa shape index (κ2) is 7.88. The molecule has 7 heteroatoms. The number of hydrogen-bond acceptors (Lipinski definition) is 3. The van der Waals surface area contributed by atoms with Crippen LogP contribution in [-0.4, -0.2) is 34.2 Å². The highest BCUT2D eigenvalue weighted by molar-refractivity contribution is 5.92. The molecule has 0 unspecified atom stereocenters. The van der Waals surface area contributed by atoms with Gasteiger partial charge in [-0.3, -0.25) is 9.69 Å². The van der Waals surface area contributed by atoms with Gasteiger partial charge < -0.3 is 5.32 Å². The second-order valence-electron chi connectivity index (χ2n) is 5.97. The fourth-order valence-electron chi connectivity index (χ4n) is 2.56. The van der Waals surface area contributed by atoms with Crippen LogP contribution < -0.4 is 5.32 Å². The number of halogens is 2. The van der Waals surface area contributed by atoms with E-state index in [2.05, 4.69) is 10.4 Å². The van der Waals surface area contributed by atoms with Crippen molar-refractivity contribution in [1.82, 2.24) is 14.7 Å². The molecule has 0 bridgehead atoms. The largest absolute Gasteiger partial charge is 0.322 e. The number of likely N-dealkylation sites (N-methyl/N-ethyl adjacent to an activating group) is 1. The van der Waals surface area contributed by atoms with Gasteiger partial charge in [0.2, 0.25) is 5.91 Å². The highest BCUT2D eigenvalue weighted by atomic mass is 19.1. The van der Waals surface area contributed by atoms with Crippen LogP contribution in [0.5, 0.6) is 0 Å². The van der Waals surface area contributed by atoms with Gasteiger partial charge in [0.15, 0.2) is 0 Å². The number of carbonyl (C=O) groups excluding carboxylic acids is 1. The molecule has 2 aromatic carbocycles. The monoisotopic (exact) mass is 356 g/mol. The fourth-order valence-corrected chi connectivity index (χ4v) is 2.56. The van der Waals surface area contributed by atoms with Gasteiger partial charge in [-0.15, -0.1) is 0 Å². The maximum atomic E-state index is 13.6. The first-order valence-electron chi connectivity index (χ1n) is 8.03. The van der Waals surface area contributed by atoms with E-state index in [0.717, 1.165) is 29.4 Å². The van der Waals surface area contributed by atoms with E-state index in [1.807, 2.05) is 36.5 Å². The normalized spacial score (nSPS) is 10.9. The summed E-state index contributed by atoms with van der Waals surface area (Å²) in [6.45, 7) is 0.526. The topological polar surface area (TPSA) is 50.2 Å². The Bertz CT molecular complexity index is 896. The number of rotatable bonds is 6. The van der Waals surface area contributed by atoms with Crippen molar-refractivity contribution in [1.29, 1.82) is 0 Å². The molecule has 0 saturated carbocycles. The van der Waals surface area contributed by atoms with Crippen molar-refractivity contribution >= 4 is 11.6 Å². The van der Waals surface area contributed by atoms with Crippen molar-refractivity contribution in [2.75, 3.05) is 18.9 Å². The lowest BCUT2D eigenvalue weighted by atomic mass is 10.3. The minimum Gasteiger partial charge on any atom is -0.322 e. The Morgan fingerprint density at radius 3 is 2.73 bits per heavy atom. The van der Waals surface area contributed by atoms with E-state index in [-0.39, 0.29) is 12.2 Å². The third-order valence-corrected chi connectivity index (χ3v) is 3.73. The Morgan fingerprint density at radius 2 is 1.96 bits per heavy atom. The molecule has 1 amide bonds. The molecule has 5 nitrogen and oxygen atoms in total. The van der Waals surface area contributed by atoms with Crippen molar-refractivity contribution < 1.29 is 13.6 Å². The zero-order chi connectivity index (χ0) is 18.5. The molecule has 134 valence electrons. The van der Waals surface area contributed by atoms with Gasteiger partial charge in [-0.25, -0.2) is 13.5 Å². The summed E-state index contributed by atoms with van der Waals surface area (Å²) in [5, 5.41) is 6.69. The molecular formula is C19H18F2N4O. The molecule has 3 rings (SSSR count). The standard InChI is InChI=1S/C19H18F2N4O/c1-24(13-19(26)23-18-9-15(20)7-8-17(18)21)11-14-10-22-25(12-14)16-5-3-2-4-6-16/h2-10,12H,11,13H2,1H3,(H,23,26). The summed E-state index contributed by atoms with van der Waals surface area (Å²) in [6.07, 6.45) is 3.61. The Kier molecular flexibility index (Phi) is 5.38. The molecular weight excluding hydrogens is 338 g/mol. The molecule has 0 spiro atoms. The van der Waals surface area contributed by atoms with Crippen LogP contribution in [0.4, 0.5) is 14.5 Å². The van der Waals surface area contributed by atoms with E-state index >= 15 is 0 Å². The third-order valence-electron chi connectivity index (χ3n) is 3.73. The van der Waals surface area contributed by atoms with Gasteiger partial charge in [0.1, 0.15) is 11.6 Å². The third kappa shape index (κ3) is 4.52. The number of benzene rings is 2. The van der Waals surface area contributed by atoms with Crippen molar-refractivity contribution in [3.63, 3.8) is 0 Å². The molecule has 0 aliphatic heterocycles. The predicted molar refractivity (Wildman–Crippen MR) is 94.9 cm³/mol. The van der Waals surface area contributed by atoms with Gasteiger partial charge >= 0.3 is 0 Å². The summed E-state index contributed by atoms with van der Waals surface area (Å²) in [4.78, 5) is 13.8. The molecule has 1 aromatic heterocycles. The molecule has 0 aliphatic carbocycles. The van der Waals surface area contributed by atoms with E-state index in [1.165, 1.54) is 0 Å². The zero-order valence-corrected chi connectivity index (χ0v) is 14.2. The van der Waals surface area contributed by atoms with Gasteiger partial charge in [-0.1, -0.05) is 18.2 Å². The average molecular weight is 356 g/mol. The van der Waals surface area contributed by atoms with Crippen LogP contribution in [0, 0.1) is 11.6 Å². The molecule has 0 radical (unpaired) electrons. The summed E-state index contributed by atoms with van der Waals surface area (Å²) < 4.78 is 28.5. The zero-order valence-electron chi connectivity index (χ0n) is 14.2. The van der Waals surface area contributed by atoms with E-state index in [1.54, 1.807) is 22.8 Å². The summed E-state index contributed by atoms with van der Waals surface area (Å²) in [6, 6.07) is 12.6. The molecule has 1 heterocycles. The quantitative estimate of drug-likeness (QED) is 0.738. The number of aromatic nitrogens is 2. The van der Waals surface area contributed by atoms with Gasteiger partial charge in [-0.05, 0) is 31.3 Å². The molecule has 1 N–H and O–H groups in total. The Morgan fingerprint density at radius 1 is 1.19 bits per heavy atom. The fraction of sp³-hybridized carbons (Fsp3) is 0.158. The smallest absolute Gasteiger partial charge is 0.238 e. The molecule has 0 saturated heterocycles. The first-order chi connectivity index (χ1) is 12.5. The van der Waals surface area contributed by atoms with E-state index in [4.69, 9.17) is 0 Å². The van der Waals surface area contributed by atoms with E-state index in [0.29, 0.717) is 6.54 Å². The number of carbonyl (C=O) groups is 1. The van der Waals surface area contributed by atoms with Crippen molar-refractivity contribution in [3.05, 3.63) is 78.1 Å². The summed E-state index contributed by atoms with van der Waals surface area (Å²) in [7, 11) is 1.77. The number of nitrogens with one attached hydrogen (secondary N) is 1. The molecule has 3 aromatic rings. The van der Waals surface area contributed by atoms with E-state index in [9.17, 15) is 13.6 Å². The van der Waals surface area contributed by atoms with Crippen LogP contribution in [0.3, 0.4) is 0 Å². The lowest BCUT2D eigenvalue weighted by Gasteiger charge is -2.15. The van der Waals surface area contributed by atoms with Crippen LogP contribution in [-0.2, 0) is 11.3 Å². The molecule has 0 atom stereocenters. The minimum atomic E-state index is -0.674. The Labute approximate surface area is 149 Å². The minimum absolute atomic E-state index is 0.0342. The maximum absolute atomic E-state index is 13.6. The van der Waals surface area contributed by atoms with Crippen LogP contribution in [0.2, 0.25) is 0 Å². The number of para-hydroxylation sites is 1. The number of anilines is 1. The Balaban J connectivity index is 1.57. The van der Waals surface area contributed by atoms with Crippen LogP contribution >= 0.6 is 0 Å². The van der Waals surface area contributed by atoms with Crippen LogP contribution in [0.15, 0.2) is 60.9 Å². The summed E-state index contributed by atoms with van der Waals surface area (Å²) >= 11 is 0. The van der Waals surface area contributed by atoms with Crippen LogP contribution in [0.1, 0.15) is 5.56 Å². The predicted octanol–water partition coefficient (Wildman–Crippen LogP) is 3.22. The second-order valence-corrected chi connectivity index (χ2v) is 5.97. The summed E-state index contributed by atoms with van der Waals surface area (Å²) in [5.74, 6) is -1.71. The maximum Gasteiger partial charge on any atom is 0.238 e. The number of amides is 1. The van der Waals surface area contributed by atoms with Gasteiger partial charge in [0.05, 0.1) is 24.1 Å². The lowest BCUT2D eigenvalue weighted by molar-refractivity contribution is -0.117. The number of hydrogen-bond donors (Lipinski definition) is 1. The SMILES string of the molecule is CN(CC(=O)Nc1cc(F)ccc1F)Cc1cnn(-c2ccccc2)c1. The van der Waals surface area contributed by atoms with Gasteiger partial charge in [0.25, 0.3) is 0 Å². The van der Waals surface area contributed by atoms with Crippen molar-refractivity contribution in [3.8, 4) is 5.69 Å². The molecule has 0 aliphatic rings. The van der Waals surface area contributed by atoms with Crippen molar-refractivity contribution in [2.24, 2.45) is 0 Å². The van der Waals surface area contributed by atoms with E-state index < -0.39 is 17.5 Å². The lowest BCUT2D eigenvalue weighted by Crippen LogP contribution is -2.30. The summed E-state index contributed by atoms with van der Waals surface area (Å²) in [5.41, 5.74) is 1.71. The van der Waals surface area contributed by atoms with Crippen molar-refractivity contribution in [2.45, 2.75) is 6.54 Å². The highest BCUT2D eigenvalue weighted by Crippen LogP contribution is 2.15. The first kappa shape index (κ1) is 17.8. The molecule has 26 heavy (non-hydrogen) atoms. The average Bonchev–Trinajstić information content (AvgIpc) is 3.07. The van der Waals surface area contributed by atoms with Crippen LogP contribution in [0.25, 0.3) is 5.69 Å². The van der Waals surface area contributed by atoms with Gasteiger partial charge in [-0.2, -0.15) is 5.10 Å². The number of nitrogens with zero attached hydrogens (tertiary/aromatic N) is 3.